The Morgan fingerprint density at radius 2 is 2.11 bits per heavy atom. The van der Waals surface area contributed by atoms with Crippen LogP contribution in [-0.4, -0.2) is 75.7 Å². The summed E-state index contributed by atoms with van der Waals surface area (Å²) in [5.41, 5.74) is 2.28. The topological polar surface area (TPSA) is 102 Å². The van der Waals surface area contributed by atoms with Gasteiger partial charge in [-0.05, 0) is 39.3 Å². The quantitative estimate of drug-likeness (QED) is 0.521. The zero-order valence-electron chi connectivity index (χ0n) is 21.5. The number of aliphatic hydroxyl groups is 1. The molecule has 37 heavy (non-hydrogen) atoms. The molecule has 0 bridgehead atoms. The second kappa shape index (κ2) is 10.8. The van der Waals surface area contributed by atoms with Crippen LogP contribution in [-0.2, 0) is 16.0 Å². The second-order valence-electron chi connectivity index (χ2n) is 10.2. The molecule has 3 aromatic rings. The molecule has 5 rings (SSSR count). The number of hydrogen-bond donors (Lipinski definition) is 2. The number of nitrogens with zero attached hydrogens (tertiary/aromatic N) is 4. The third-order valence-corrected chi connectivity index (χ3v) is 7.02. The predicted octanol–water partition coefficient (Wildman–Crippen LogP) is 2.96. The van der Waals surface area contributed by atoms with E-state index < -0.39 is 11.9 Å². The average molecular weight is 512 g/mol. The summed E-state index contributed by atoms with van der Waals surface area (Å²) >= 11 is 0. The lowest BCUT2D eigenvalue weighted by molar-refractivity contribution is -0.0219. The highest BCUT2D eigenvalue weighted by Gasteiger charge is 2.25. The molecule has 0 aliphatic carbocycles. The fourth-order valence-corrected chi connectivity index (χ4v) is 5.23. The number of morpholine rings is 1. The standard InChI is InChI=1S/C27H34FN5O4/c1-16(2)33-19(14-32-7-9-37-17(3)13-32)11-24(34)20-5-4-18(10-23(20)33)26-21(28)12-29-27(31-26)30-22-6-8-36-15-25(22)35/h4-5,10-12,16-17,22,25,35H,6-9,13-15H2,1-3H3,(H,29,30,31)/t17-,22-,25-/m1/s1. The minimum Gasteiger partial charge on any atom is -0.389 e. The Balaban J connectivity index is 1.53. The van der Waals surface area contributed by atoms with Crippen LogP contribution in [0.3, 0.4) is 0 Å². The van der Waals surface area contributed by atoms with E-state index in [-0.39, 0.29) is 41.9 Å². The molecule has 0 radical (unpaired) electrons. The van der Waals surface area contributed by atoms with Gasteiger partial charge in [0.25, 0.3) is 0 Å². The number of rotatable bonds is 6. The lowest BCUT2D eigenvalue weighted by Crippen LogP contribution is -2.42. The van der Waals surface area contributed by atoms with Gasteiger partial charge in [0, 0.05) is 55.0 Å². The summed E-state index contributed by atoms with van der Waals surface area (Å²) in [6, 6.07) is 6.81. The fraction of sp³-hybridized carbons (Fsp3) is 0.519. The average Bonchev–Trinajstić information content (AvgIpc) is 2.86. The van der Waals surface area contributed by atoms with Crippen LogP contribution in [0.25, 0.3) is 22.2 Å². The van der Waals surface area contributed by atoms with E-state index >= 15 is 0 Å². The zero-order valence-corrected chi connectivity index (χ0v) is 21.5. The summed E-state index contributed by atoms with van der Waals surface area (Å²) in [4.78, 5) is 23.9. The molecule has 2 N–H and O–H groups in total. The number of pyridine rings is 1. The smallest absolute Gasteiger partial charge is 0.223 e. The maximum Gasteiger partial charge on any atom is 0.223 e. The van der Waals surface area contributed by atoms with Crippen molar-refractivity contribution in [2.45, 2.75) is 58.0 Å². The SMILES string of the molecule is CC(C)n1c(CN2CCO[C@H](C)C2)cc(=O)c2ccc(-c3nc(N[C@@H]4CCOC[C@H]4O)ncc3F)cc21. The van der Waals surface area contributed by atoms with Gasteiger partial charge >= 0.3 is 0 Å². The van der Waals surface area contributed by atoms with E-state index in [9.17, 15) is 14.3 Å². The lowest BCUT2D eigenvalue weighted by atomic mass is 10.1. The highest BCUT2D eigenvalue weighted by molar-refractivity contribution is 5.84. The Hall–Kier alpha value is -2.92. The molecule has 3 atom stereocenters. The molecule has 2 saturated heterocycles. The number of nitrogens with one attached hydrogen (secondary N) is 1. The van der Waals surface area contributed by atoms with Crippen LogP contribution in [0.1, 0.15) is 38.9 Å². The van der Waals surface area contributed by atoms with Crippen LogP contribution in [0.15, 0.2) is 35.3 Å². The molecular weight excluding hydrogens is 477 g/mol. The number of aliphatic hydroxyl groups excluding tert-OH is 1. The van der Waals surface area contributed by atoms with Gasteiger partial charge in [0.2, 0.25) is 5.95 Å². The molecule has 4 heterocycles. The van der Waals surface area contributed by atoms with E-state index in [1.54, 1.807) is 18.2 Å². The van der Waals surface area contributed by atoms with Crippen molar-refractivity contribution >= 4 is 16.9 Å². The number of aromatic nitrogens is 3. The van der Waals surface area contributed by atoms with E-state index in [4.69, 9.17) is 9.47 Å². The zero-order chi connectivity index (χ0) is 26.1. The molecule has 0 spiro atoms. The van der Waals surface area contributed by atoms with Gasteiger partial charge in [-0.1, -0.05) is 6.07 Å². The van der Waals surface area contributed by atoms with Gasteiger partial charge < -0.3 is 24.5 Å². The second-order valence-corrected chi connectivity index (χ2v) is 10.2. The van der Waals surface area contributed by atoms with Gasteiger partial charge in [-0.15, -0.1) is 0 Å². The Kier molecular flexibility index (Phi) is 7.52. The third-order valence-electron chi connectivity index (χ3n) is 7.02. The Morgan fingerprint density at radius 1 is 1.27 bits per heavy atom. The maximum absolute atomic E-state index is 15.0. The molecule has 0 unspecified atom stereocenters. The van der Waals surface area contributed by atoms with Crippen LogP contribution in [0.4, 0.5) is 10.3 Å². The number of benzene rings is 1. The van der Waals surface area contributed by atoms with Gasteiger partial charge in [0.1, 0.15) is 5.69 Å². The minimum atomic E-state index is -0.695. The Labute approximate surface area is 215 Å². The molecule has 2 aliphatic heterocycles. The van der Waals surface area contributed by atoms with E-state index in [0.717, 1.165) is 30.5 Å². The number of anilines is 1. The molecule has 1 aromatic carbocycles. The molecule has 198 valence electrons. The molecular formula is C27H34FN5O4. The summed E-state index contributed by atoms with van der Waals surface area (Å²) in [6.07, 6.45) is 1.18. The van der Waals surface area contributed by atoms with Crippen molar-refractivity contribution in [1.29, 1.82) is 0 Å². The first kappa shape index (κ1) is 25.7. The molecule has 9 nitrogen and oxygen atoms in total. The third kappa shape index (κ3) is 5.52. The van der Waals surface area contributed by atoms with Gasteiger partial charge in [-0.2, -0.15) is 0 Å². The van der Waals surface area contributed by atoms with Crippen molar-refractivity contribution in [3.63, 3.8) is 0 Å². The summed E-state index contributed by atoms with van der Waals surface area (Å²) < 4.78 is 28.1. The van der Waals surface area contributed by atoms with Crippen molar-refractivity contribution in [2.24, 2.45) is 0 Å². The minimum absolute atomic E-state index is 0.0613. The largest absolute Gasteiger partial charge is 0.389 e. The fourth-order valence-electron chi connectivity index (χ4n) is 5.23. The highest BCUT2D eigenvalue weighted by atomic mass is 19.1. The van der Waals surface area contributed by atoms with Gasteiger partial charge in [-0.25, -0.2) is 14.4 Å². The van der Waals surface area contributed by atoms with Crippen LogP contribution in [0.5, 0.6) is 0 Å². The summed E-state index contributed by atoms with van der Waals surface area (Å²) in [5, 5.41) is 13.9. The summed E-state index contributed by atoms with van der Waals surface area (Å²) in [6.45, 7) is 9.86. The maximum atomic E-state index is 15.0. The predicted molar refractivity (Wildman–Crippen MR) is 139 cm³/mol. The highest BCUT2D eigenvalue weighted by Crippen LogP contribution is 2.28. The van der Waals surface area contributed by atoms with Gasteiger partial charge in [-0.3, -0.25) is 9.69 Å². The Morgan fingerprint density at radius 3 is 2.86 bits per heavy atom. The van der Waals surface area contributed by atoms with E-state index in [1.165, 1.54) is 0 Å². The van der Waals surface area contributed by atoms with Gasteiger partial charge in [0.15, 0.2) is 11.2 Å². The molecule has 10 heteroatoms. The molecule has 2 fully saturated rings. The van der Waals surface area contributed by atoms with Crippen LogP contribution < -0.4 is 10.7 Å². The van der Waals surface area contributed by atoms with E-state index in [1.807, 2.05) is 6.07 Å². The van der Waals surface area contributed by atoms with Crippen LogP contribution in [0.2, 0.25) is 0 Å². The first-order valence-electron chi connectivity index (χ1n) is 12.9. The number of ether oxygens (including phenoxy) is 2. The van der Waals surface area contributed by atoms with Crippen molar-refractivity contribution in [3.8, 4) is 11.3 Å². The lowest BCUT2D eigenvalue weighted by Gasteiger charge is -2.32. The van der Waals surface area contributed by atoms with Crippen molar-refractivity contribution in [1.82, 2.24) is 19.4 Å². The summed E-state index contributed by atoms with van der Waals surface area (Å²) in [7, 11) is 0. The Bertz CT molecular complexity index is 1330. The van der Waals surface area contributed by atoms with E-state index in [0.29, 0.717) is 37.1 Å². The number of halogens is 1. The number of hydrogen-bond acceptors (Lipinski definition) is 8. The molecule has 2 aliphatic rings. The monoisotopic (exact) mass is 511 g/mol. The van der Waals surface area contributed by atoms with Crippen LogP contribution in [0, 0.1) is 5.82 Å². The molecule has 0 amide bonds. The first-order chi connectivity index (χ1) is 17.8. The van der Waals surface area contributed by atoms with Crippen LogP contribution >= 0.6 is 0 Å². The summed E-state index contributed by atoms with van der Waals surface area (Å²) in [5.74, 6) is -0.326. The normalized spacial score (nSPS) is 23.0. The number of fused-ring (bicyclic) bond motifs is 1. The van der Waals surface area contributed by atoms with Crippen molar-refractivity contribution < 1.29 is 19.0 Å². The first-order valence-corrected chi connectivity index (χ1v) is 12.9. The molecule has 0 saturated carbocycles. The van der Waals surface area contributed by atoms with Gasteiger partial charge in [0.05, 0.1) is 43.2 Å². The van der Waals surface area contributed by atoms with Crippen molar-refractivity contribution in [3.05, 3.63) is 52.2 Å². The van der Waals surface area contributed by atoms with Crippen molar-refractivity contribution in [2.75, 3.05) is 38.2 Å². The van der Waals surface area contributed by atoms with E-state index in [2.05, 4.69) is 45.5 Å². The molecule has 2 aromatic heterocycles.